The van der Waals surface area contributed by atoms with Crippen LogP contribution < -0.4 is 5.56 Å². The highest BCUT2D eigenvalue weighted by Crippen LogP contribution is 2.25. The van der Waals surface area contributed by atoms with Crippen molar-refractivity contribution in [3.63, 3.8) is 0 Å². The Morgan fingerprint density at radius 1 is 1.09 bits per heavy atom. The van der Waals surface area contributed by atoms with E-state index in [2.05, 4.69) is 76.7 Å². The number of para-hydroxylation sites is 1. The number of fused-ring (bicyclic) bond motifs is 1. The molecule has 0 bridgehead atoms. The van der Waals surface area contributed by atoms with Gasteiger partial charge in [-0.2, -0.15) is 9.78 Å². The summed E-state index contributed by atoms with van der Waals surface area (Å²) in [7, 11) is 0. The molecule has 2 aromatic carbocycles. The van der Waals surface area contributed by atoms with Crippen LogP contribution in [0.3, 0.4) is 0 Å². The summed E-state index contributed by atoms with van der Waals surface area (Å²) in [6, 6.07) is 16.1. The van der Waals surface area contributed by atoms with E-state index < -0.39 is 0 Å². The van der Waals surface area contributed by atoms with Crippen molar-refractivity contribution in [1.82, 2.24) is 14.2 Å². The number of benzene rings is 2. The SMILES string of the molecule is CCc1ccccc1-n1c(C)cc(C=Nn2c(C(C)(C)C)nc3ccc(Br)cc3c2=O)c1C. The molecule has 0 spiro atoms. The van der Waals surface area contributed by atoms with Crippen LogP contribution in [0.2, 0.25) is 0 Å². The predicted molar refractivity (Wildman–Crippen MR) is 140 cm³/mol. The summed E-state index contributed by atoms with van der Waals surface area (Å²) in [4.78, 5) is 18.2. The maximum atomic E-state index is 13.4. The van der Waals surface area contributed by atoms with Gasteiger partial charge >= 0.3 is 0 Å². The average Bonchev–Trinajstić information content (AvgIpc) is 3.05. The summed E-state index contributed by atoms with van der Waals surface area (Å²) in [6.07, 6.45) is 2.73. The highest BCUT2D eigenvalue weighted by atomic mass is 79.9. The third-order valence-electron chi connectivity index (χ3n) is 5.88. The summed E-state index contributed by atoms with van der Waals surface area (Å²) in [5.74, 6) is 0.628. The van der Waals surface area contributed by atoms with E-state index in [4.69, 9.17) is 4.98 Å². The van der Waals surface area contributed by atoms with Crippen LogP contribution in [0.4, 0.5) is 0 Å². The molecule has 0 aliphatic rings. The number of aromatic nitrogens is 3. The third kappa shape index (κ3) is 4.32. The Morgan fingerprint density at radius 3 is 2.52 bits per heavy atom. The number of hydrogen-bond donors (Lipinski definition) is 0. The molecule has 0 radical (unpaired) electrons. The molecular weight excluding hydrogens is 476 g/mol. The van der Waals surface area contributed by atoms with Crippen molar-refractivity contribution < 1.29 is 0 Å². The lowest BCUT2D eigenvalue weighted by Gasteiger charge is -2.20. The number of aryl methyl sites for hydroxylation is 2. The zero-order valence-electron chi connectivity index (χ0n) is 20.0. The molecule has 33 heavy (non-hydrogen) atoms. The first-order valence-corrected chi connectivity index (χ1v) is 12.0. The lowest BCUT2D eigenvalue weighted by atomic mass is 9.95. The second-order valence-electron chi connectivity index (χ2n) is 9.35. The zero-order valence-corrected chi connectivity index (χ0v) is 21.6. The Morgan fingerprint density at radius 2 is 1.82 bits per heavy atom. The van der Waals surface area contributed by atoms with E-state index in [1.165, 1.54) is 15.9 Å². The molecule has 6 heteroatoms. The number of nitrogens with zero attached hydrogens (tertiary/aromatic N) is 4. The predicted octanol–water partition coefficient (Wildman–Crippen LogP) is 6.31. The fraction of sp³-hybridized carbons (Fsp3) is 0.296. The Labute approximate surface area is 202 Å². The molecule has 2 aromatic heterocycles. The largest absolute Gasteiger partial charge is 0.318 e. The number of rotatable bonds is 4. The van der Waals surface area contributed by atoms with Crippen LogP contribution in [0.25, 0.3) is 16.6 Å². The minimum absolute atomic E-state index is 0.174. The van der Waals surface area contributed by atoms with Crippen molar-refractivity contribution in [3.8, 4) is 5.69 Å². The van der Waals surface area contributed by atoms with Crippen LogP contribution in [0.1, 0.15) is 56.0 Å². The molecule has 0 unspecified atom stereocenters. The molecule has 2 heterocycles. The molecule has 0 fully saturated rings. The maximum absolute atomic E-state index is 13.4. The van der Waals surface area contributed by atoms with Crippen LogP contribution in [0.15, 0.2) is 62.9 Å². The molecule has 0 aliphatic heterocycles. The molecular formula is C27H29BrN4O. The normalized spacial score (nSPS) is 12.2. The molecule has 0 aliphatic carbocycles. The zero-order chi connectivity index (χ0) is 23.9. The third-order valence-corrected chi connectivity index (χ3v) is 6.37. The fourth-order valence-electron chi connectivity index (χ4n) is 4.18. The van der Waals surface area contributed by atoms with Crippen molar-refractivity contribution in [3.05, 3.63) is 91.7 Å². The van der Waals surface area contributed by atoms with Crippen LogP contribution in [0.5, 0.6) is 0 Å². The van der Waals surface area contributed by atoms with Crippen LogP contribution >= 0.6 is 15.9 Å². The first-order valence-electron chi connectivity index (χ1n) is 11.2. The number of hydrogen-bond acceptors (Lipinski definition) is 3. The summed E-state index contributed by atoms with van der Waals surface area (Å²) in [5.41, 5.74) is 5.80. The van der Waals surface area contributed by atoms with Crippen molar-refractivity contribution in [2.24, 2.45) is 5.10 Å². The Kier molecular flexibility index (Phi) is 6.14. The van der Waals surface area contributed by atoms with Gasteiger partial charge in [-0.15, -0.1) is 0 Å². The topological polar surface area (TPSA) is 52.2 Å². The van der Waals surface area contributed by atoms with Crippen molar-refractivity contribution in [2.45, 2.75) is 53.4 Å². The first kappa shape index (κ1) is 23.2. The van der Waals surface area contributed by atoms with Gasteiger partial charge in [-0.1, -0.05) is 61.8 Å². The van der Waals surface area contributed by atoms with E-state index in [-0.39, 0.29) is 11.0 Å². The standard InChI is InChI=1S/C27H29BrN4O/c1-7-19-10-8-9-11-24(19)31-17(2)14-20(18(31)3)16-29-32-25(33)22-15-21(28)12-13-23(22)30-26(32)27(4,5)6/h8-16H,7H2,1-6H3. The van der Waals surface area contributed by atoms with Gasteiger partial charge in [0.25, 0.3) is 5.56 Å². The Hall–Kier alpha value is -2.99. The van der Waals surface area contributed by atoms with E-state index in [9.17, 15) is 4.79 Å². The van der Waals surface area contributed by atoms with E-state index in [0.717, 1.165) is 27.8 Å². The number of halogens is 1. The van der Waals surface area contributed by atoms with E-state index in [0.29, 0.717) is 16.7 Å². The smallest absolute Gasteiger partial charge is 0.282 e. The highest BCUT2D eigenvalue weighted by Gasteiger charge is 2.23. The average molecular weight is 505 g/mol. The first-order chi connectivity index (χ1) is 15.6. The lowest BCUT2D eigenvalue weighted by molar-refractivity contribution is 0.506. The molecule has 4 aromatic rings. The van der Waals surface area contributed by atoms with E-state index in [1.54, 1.807) is 12.3 Å². The molecule has 0 N–H and O–H groups in total. The van der Waals surface area contributed by atoms with Gasteiger partial charge in [-0.3, -0.25) is 4.79 Å². The van der Waals surface area contributed by atoms with E-state index >= 15 is 0 Å². The Balaban J connectivity index is 1.88. The summed E-state index contributed by atoms with van der Waals surface area (Å²) in [6.45, 7) is 12.5. The second-order valence-corrected chi connectivity index (χ2v) is 10.3. The minimum atomic E-state index is -0.352. The molecule has 0 atom stereocenters. The highest BCUT2D eigenvalue weighted by molar-refractivity contribution is 9.10. The van der Waals surface area contributed by atoms with Gasteiger partial charge in [-0.05, 0) is 56.2 Å². The summed E-state index contributed by atoms with van der Waals surface area (Å²) >= 11 is 3.46. The van der Waals surface area contributed by atoms with Gasteiger partial charge in [-0.25, -0.2) is 4.98 Å². The quantitative estimate of drug-likeness (QED) is 0.305. The van der Waals surface area contributed by atoms with Crippen molar-refractivity contribution in [1.29, 1.82) is 0 Å². The van der Waals surface area contributed by atoms with Gasteiger partial charge in [0.15, 0.2) is 0 Å². The molecule has 4 rings (SSSR count). The Bertz CT molecular complexity index is 1440. The van der Waals surface area contributed by atoms with Crippen molar-refractivity contribution in [2.75, 3.05) is 0 Å². The molecule has 0 saturated carbocycles. The van der Waals surface area contributed by atoms with Gasteiger partial charge in [0, 0.05) is 32.5 Å². The van der Waals surface area contributed by atoms with Gasteiger partial charge < -0.3 is 4.57 Å². The van der Waals surface area contributed by atoms with Crippen LogP contribution in [0, 0.1) is 13.8 Å². The summed E-state index contributed by atoms with van der Waals surface area (Å²) in [5, 5.41) is 5.20. The fourth-order valence-corrected chi connectivity index (χ4v) is 4.54. The van der Waals surface area contributed by atoms with Gasteiger partial charge in [0.2, 0.25) is 0 Å². The monoisotopic (exact) mass is 504 g/mol. The lowest BCUT2D eigenvalue weighted by Crippen LogP contribution is -2.29. The molecule has 0 amide bonds. The van der Waals surface area contributed by atoms with Crippen LogP contribution in [-0.2, 0) is 11.8 Å². The molecule has 170 valence electrons. The van der Waals surface area contributed by atoms with Crippen LogP contribution in [-0.4, -0.2) is 20.4 Å². The van der Waals surface area contributed by atoms with Gasteiger partial charge in [0.05, 0.1) is 17.1 Å². The maximum Gasteiger partial charge on any atom is 0.282 e. The molecule has 0 saturated heterocycles. The van der Waals surface area contributed by atoms with Gasteiger partial charge in [0.1, 0.15) is 5.82 Å². The summed E-state index contributed by atoms with van der Waals surface area (Å²) < 4.78 is 4.54. The van der Waals surface area contributed by atoms with E-state index in [1.807, 2.05) is 32.9 Å². The van der Waals surface area contributed by atoms with Crippen molar-refractivity contribution >= 4 is 33.0 Å². The molecule has 5 nitrogen and oxygen atoms in total. The second kappa shape index (κ2) is 8.75. The minimum Gasteiger partial charge on any atom is -0.318 e.